The molecular weight excluding hydrogens is 334 g/mol. The molecule has 1 heterocycles. The molecule has 1 aromatic carbocycles. The van der Waals surface area contributed by atoms with Crippen LogP contribution >= 0.6 is 23.2 Å². The zero-order chi connectivity index (χ0) is 15.8. The molecule has 112 valence electrons. The molecule has 10 heteroatoms. The maximum atomic E-state index is 12.4. The van der Waals surface area contributed by atoms with Crippen molar-refractivity contribution >= 4 is 40.9 Å². The molecule has 2 amide bonds. The lowest BCUT2D eigenvalue weighted by Crippen LogP contribution is -2.50. The zero-order valence-electron chi connectivity index (χ0n) is 10.0. The van der Waals surface area contributed by atoms with Crippen LogP contribution in [-0.4, -0.2) is 35.4 Å². The summed E-state index contributed by atoms with van der Waals surface area (Å²) in [5.74, 6) is -3.56. The van der Waals surface area contributed by atoms with Gasteiger partial charge < -0.3 is 5.32 Å². The minimum atomic E-state index is -5.20. The van der Waals surface area contributed by atoms with Crippen molar-refractivity contribution in [3.63, 3.8) is 0 Å². The Bertz CT molecular complexity index is 646. The van der Waals surface area contributed by atoms with E-state index in [1.54, 1.807) is 0 Å². The topological polar surface area (TPSA) is 61.8 Å². The molecule has 1 N–H and O–H groups in total. The number of hydrogen-bond acceptors (Lipinski definition) is 4. The summed E-state index contributed by atoms with van der Waals surface area (Å²) in [5, 5.41) is 6.08. The van der Waals surface area contributed by atoms with Gasteiger partial charge in [0.1, 0.15) is 0 Å². The van der Waals surface area contributed by atoms with Gasteiger partial charge in [0.25, 0.3) is 5.91 Å². The van der Waals surface area contributed by atoms with E-state index < -0.39 is 24.5 Å². The first-order valence-electron chi connectivity index (χ1n) is 5.42. The molecular formula is C11H6Cl2F3N3O2. The van der Waals surface area contributed by atoms with Crippen LogP contribution in [0.15, 0.2) is 23.3 Å². The fraction of sp³-hybridized carbons (Fsp3) is 0.182. The fourth-order valence-corrected chi connectivity index (χ4v) is 1.81. The molecule has 0 radical (unpaired) electrons. The molecule has 1 aromatic rings. The third kappa shape index (κ3) is 3.27. The van der Waals surface area contributed by atoms with Gasteiger partial charge in [0.05, 0.1) is 16.6 Å². The third-order valence-corrected chi connectivity index (χ3v) is 3.21. The van der Waals surface area contributed by atoms with Gasteiger partial charge in [-0.05, 0) is 18.2 Å². The Balaban J connectivity index is 2.38. The summed E-state index contributed by atoms with van der Waals surface area (Å²) in [6, 6.07) is 4.20. The number of alkyl halides is 3. The SMILES string of the molecule is O=C1CNC(c2ccc(Cl)c(Cl)c2)=NN1C(=O)C(F)(F)F. The Morgan fingerprint density at radius 1 is 1.29 bits per heavy atom. The van der Waals surface area contributed by atoms with Crippen molar-refractivity contribution in [1.29, 1.82) is 0 Å². The van der Waals surface area contributed by atoms with Crippen molar-refractivity contribution < 1.29 is 22.8 Å². The maximum Gasteiger partial charge on any atom is 0.473 e. The van der Waals surface area contributed by atoms with Crippen molar-refractivity contribution in [3.05, 3.63) is 33.8 Å². The van der Waals surface area contributed by atoms with Gasteiger partial charge >= 0.3 is 12.1 Å². The van der Waals surface area contributed by atoms with Crippen molar-refractivity contribution in [2.75, 3.05) is 6.54 Å². The molecule has 0 atom stereocenters. The van der Waals surface area contributed by atoms with E-state index in [0.717, 1.165) is 0 Å². The highest BCUT2D eigenvalue weighted by Gasteiger charge is 2.46. The number of benzene rings is 1. The molecule has 1 aliphatic rings. The number of hydrazone groups is 1. The van der Waals surface area contributed by atoms with Crippen molar-refractivity contribution in [3.8, 4) is 0 Å². The van der Waals surface area contributed by atoms with Crippen LogP contribution in [-0.2, 0) is 9.59 Å². The number of amides is 2. The quantitative estimate of drug-likeness (QED) is 0.852. The summed E-state index contributed by atoms with van der Waals surface area (Å²) in [5.41, 5.74) is 0.289. The van der Waals surface area contributed by atoms with Crippen molar-refractivity contribution in [1.82, 2.24) is 10.3 Å². The van der Waals surface area contributed by atoms with Crippen LogP contribution in [0.5, 0.6) is 0 Å². The van der Waals surface area contributed by atoms with Gasteiger partial charge in [0.2, 0.25) is 0 Å². The van der Waals surface area contributed by atoms with E-state index in [1.165, 1.54) is 18.2 Å². The molecule has 1 aliphatic heterocycles. The summed E-state index contributed by atoms with van der Waals surface area (Å²) in [6.45, 7) is -0.499. The zero-order valence-corrected chi connectivity index (χ0v) is 11.6. The van der Waals surface area contributed by atoms with Crippen LogP contribution < -0.4 is 5.32 Å². The van der Waals surface area contributed by atoms with Gasteiger partial charge in [0.15, 0.2) is 5.84 Å². The van der Waals surface area contributed by atoms with Crippen molar-refractivity contribution in [2.24, 2.45) is 5.10 Å². The van der Waals surface area contributed by atoms with Crippen LogP contribution in [0.3, 0.4) is 0 Å². The van der Waals surface area contributed by atoms with E-state index in [9.17, 15) is 22.8 Å². The minimum Gasteiger partial charge on any atom is -0.359 e. The van der Waals surface area contributed by atoms with Crippen LogP contribution in [0.4, 0.5) is 13.2 Å². The largest absolute Gasteiger partial charge is 0.473 e. The summed E-state index contributed by atoms with van der Waals surface area (Å²) in [4.78, 5) is 22.5. The third-order valence-electron chi connectivity index (χ3n) is 2.47. The molecule has 0 aromatic heterocycles. The van der Waals surface area contributed by atoms with E-state index >= 15 is 0 Å². The first kappa shape index (κ1) is 15.6. The lowest BCUT2D eigenvalue weighted by atomic mass is 10.2. The van der Waals surface area contributed by atoms with E-state index in [4.69, 9.17) is 23.2 Å². The Kier molecular flexibility index (Phi) is 4.11. The summed E-state index contributed by atoms with van der Waals surface area (Å²) < 4.78 is 37.1. The highest BCUT2D eigenvalue weighted by atomic mass is 35.5. The Labute approximate surface area is 126 Å². The molecule has 0 spiro atoms. The molecule has 21 heavy (non-hydrogen) atoms. The monoisotopic (exact) mass is 339 g/mol. The normalized spacial score (nSPS) is 15.6. The average molecular weight is 340 g/mol. The number of hydrogen-bond donors (Lipinski definition) is 1. The molecule has 0 saturated heterocycles. The molecule has 0 saturated carbocycles. The van der Waals surface area contributed by atoms with Gasteiger partial charge in [-0.15, -0.1) is 5.10 Å². The molecule has 0 aliphatic carbocycles. The number of amidine groups is 1. The average Bonchev–Trinajstić information content (AvgIpc) is 2.41. The number of nitrogens with zero attached hydrogens (tertiary/aromatic N) is 2. The van der Waals surface area contributed by atoms with Crippen molar-refractivity contribution in [2.45, 2.75) is 6.18 Å². The van der Waals surface area contributed by atoms with Gasteiger partial charge in [0, 0.05) is 5.56 Å². The predicted molar refractivity (Wildman–Crippen MR) is 68.9 cm³/mol. The lowest BCUT2D eigenvalue weighted by molar-refractivity contribution is -0.187. The maximum absolute atomic E-state index is 12.4. The number of carbonyl (C=O) groups is 2. The second-order valence-corrected chi connectivity index (χ2v) is 4.75. The van der Waals surface area contributed by atoms with E-state index in [0.29, 0.717) is 0 Å². The Morgan fingerprint density at radius 3 is 2.52 bits per heavy atom. The number of imide groups is 1. The molecule has 0 bridgehead atoms. The van der Waals surface area contributed by atoms with Gasteiger partial charge in [-0.1, -0.05) is 23.2 Å². The Morgan fingerprint density at radius 2 is 1.95 bits per heavy atom. The molecule has 5 nitrogen and oxygen atoms in total. The summed E-state index contributed by atoms with van der Waals surface area (Å²) >= 11 is 11.5. The molecule has 2 rings (SSSR count). The van der Waals surface area contributed by atoms with Gasteiger partial charge in [-0.25, -0.2) is 0 Å². The fourth-order valence-electron chi connectivity index (χ4n) is 1.51. The minimum absolute atomic E-state index is 0.0919. The number of nitrogens with one attached hydrogen (secondary N) is 1. The first-order chi connectivity index (χ1) is 9.70. The second-order valence-electron chi connectivity index (χ2n) is 3.94. The standard InChI is InChI=1S/C11H6Cl2F3N3O2/c12-6-2-1-5(3-7(6)13)9-17-4-8(20)19(18-9)10(21)11(14,15)16/h1-3H,4H2,(H,17,18). The van der Waals surface area contributed by atoms with E-state index in [1.807, 2.05) is 0 Å². The highest BCUT2D eigenvalue weighted by Crippen LogP contribution is 2.24. The van der Waals surface area contributed by atoms with Gasteiger partial charge in [-0.3, -0.25) is 9.59 Å². The summed E-state index contributed by atoms with van der Waals surface area (Å²) in [6.07, 6.45) is -5.20. The highest BCUT2D eigenvalue weighted by molar-refractivity contribution is 6.42. The molecule has 0 fully saturated rings. The molecule has 0 unspecified atom stereocenters. The van der Waals surface area contributed by atoms with Gasteiger partial charge in [-0.2, -0.15) is 18.2 Å². The number of halogens is 5. The first-order valence-corrected chi connectivity index (χ1v) is 6.18. The predicted octanol–water partition coefficient (Wildman–Crippen LogP) is 2.18. The Hall–Kier alpha value is -1.80. The van der Waals surface area contributed by atoms with Crippen LogP contribution in [0.25, 0.3) is 0 Å². The second kappa shape index (κ2) is 5.53. The summed E-state index contributed by atoms with van der Waals surface area (Å²) in [7, 11) is 0. The number of carbonyl (C=O) groups excluding carboxylic acids is 2. The lowest BCUT2D eigenvalue weighted by Gasteiger charge is -2.23. The van der Waals surface area contributed by atoms with Crippen LogP contribution in [0.2, 0.25) is 10.0 Å². The van der Waals surface area contributed by atoms with Crippen LogP contribution in [0.1, 0.15) is 5.56 Å². The van der Waals surface area contributed by atoms with E-state index in [2.05, 4.69) is 10.4 Å². The number of rotatable bonds is 1. The smallest absolute Gasteiger partial charge is 0.359 e. The van der Waals surface area contributed by atoms with Crippen LogP contribution in [0, 0.1) is 0 Å². The van der Waals surface area contributed by atoms with E-state index in [-0.39, 0.29) is 26.5 Å².